The summed E-state index contributed by atoms with van der Waals surface area (Å²) in [5, 5.41) is 19.6. The summed E-state index contributed by atoms with van der Waals surface area (Å²) in [4.78, 5) is 11.3. The third-order valence-electron chi connectivity index (χ3n) is 2.29. The van der Waals surface area contributed by atoms with Crippen LogP contribution in [0.2, 0.25) is 0 Å². The summed E-state index contributed by atoms with van der Waals surface area (Å²) in [5.41, 5.74) is 0.851. The van der Waals surface area contributed by atoms with E-state index in [0.29, 0.717) is 5.56 Å². The molecule has 0 fully saturated rings. The van der Waals surface area contributed by atoms with Gasteiger partial charge in [-0.1, -0.05) is 13.0 Å². The van der Waals surface area contributed by atoms with Crippen molar-refractivity contribution in [3.63, 3.8) is 0 Å². The van der Waals surface area contributed by atoms with Crippen LogP contribution in [0.3, 0.4) is 0 Å². The van der Waals surface area contributed by atoms with Gasteiger partial charge in [0, 0.05) is 28.9 Å². The van der Waals surface area contributed by atoms with E-state index in [2.05, 4.69) is 0 Å². The topological polar surface area (TPSA) is 63.4 Å². The highest BCUT2D eigenvalue weighted by molar-refractivity contribution is 7.99. The Kier molecular flexibility index (Phi) is 4.76. The second kappa shape index (κ2) is 5.86. The van der Waals surface area contributed by atoms with E-state index in [1.807, 2.05) is 13.0 Å². The monoisotopic (exact) mass is 241 g/mol. The lowest BCUT2D eigenvalue weighted by molar-refractivity contribution is -0.385. The number of aliphatic hydroxyl groups excluding tert-OH is 1. The van der Waals surface area contributed by atoms with E-state index < -0.39 is 0 Å². The largest absolute Gasteiger partial charge is 0.396 e. The second-order valence-electron chi connectivity index (χ2n) is 3.76. The average Bonchev–Trinajstić information content (AvgIpc) is 2.26. The SMILES string of the molecule is Cc1c(SCC(C)CO)cccc1[N+](=O)[O-]. The Balaban J connectivity index is 2.81. The van der Waals surface area contributed by atoms with E-state index in [-0.39, 0.29) is 23.1 Å². The molecule has 0 saturated heterocycles. The van der Waals surface area contributed by atoms with Crippen molar-refractivity contribution < 1.29 is 10.0 Å². The van der Waals surface area contributed by atoms with Gasteiger partial charge < -0.3 is 5.11 Å². The lowest BCUT2D eigenvalue weighted by Crippen LogP contribution is -2.03. The number of benzene rings is 1. The van der Waals surface area contributed by atoms with Gasteiger partial charge in [-0.3, -0.25) is 10.1 Å². The Bertz CT molecular complexity index is 381. The van der Waals surface area contributed by atoms with Gasteiger partial charge in [0.25, 0.3) is 5.69 Å². The second-order valence-corrected chi connectivity index (χ2v) is 4.82. The van der Waals surface area contributed by atoms with Crippen molar-refractivity contribution in [3.8, 4) is 0 Å². The normalized spacial score (nSPS) is 12.4. The highest BCUT2D eigenvalue weighted by Crippen LogP contribution is 2.29. The van der Waals surface area contributed by atoms with Gasteiger partial charge in [0.05, 0.1) is 4.92 Å². The van der Waals surface area contributed by atoms with Crippen molar-refractivity contribution in [1.82, 2.24) is 0 Å². The number of nitrogens with zero attached hydrogens (tertiary/aromatic N) is 1. The molecule has 0 heterocycles. The molecule has 1 atom stereocenters. The molecule has 1 rings (SSSR count). The summed E-state index contributed by atoms with van der Waals surface area (Å²) in [6, 6.07) is 5.07. The smallest absolute Gasteiger partial charge is 0.273 e. The third-order valence-corrected chi connectivity index (χ3v) is 3.78. The van der Waals surface area contributed by atoms with Crippen LogP contribution >= 0.6 is 11.8 Å². The summed E-state index contributed by atoms with van der Waals surface area (Å²) < 4.78 is 0. The Hall–Kier alpha value is -1.07. The standard InChI is InChI=1S/C11H15NO3S/c1-8(6-13)7-16-11-5-3-4-10(9(11)2)12(14)15/h3-5,8,13H,6-7H2,1-2H3. The molecule has 0 amide bonds. The first-order chi connectivity index (χ1) is 7.56. The van der Waals surface area contributed by atoms with Crippen LogP contribution in [0.1, 0.15) is 12.5 Å². The van der Waals surface area contributed by atoms with E-state index in [1.165, 1.54) is 6.07 Å². The third kappa shape index (κ3) is 3.21. The zero-order chi connectivity index (χ0) is 12.1. The quantitative estimate of drug-likeness (QED) is 0.489. The minimum absolute atomic E-state index is 0.140. The summed E-state index contributed by atoms with van der Waals surface area (Å²) >= 11 is 1.55. The Morgan fingerprint density at radius 2 is 2.25 bits per heavy atom. The molecule has 0 saturated carbocycles. The van der Waals surface area contributed by atoms with Crippen LogP contribution in [0.5, 0.6) is 0 Å². The molecule has 0 radical (unpaired) electrons. The van der Waals surface area contributed by atoms with E-state index >= 15 is 0 Å². The molecule has 4 nitrogen and oxygen atoms in total. The van der Waals surface area contributed by atoms with Crippen molar-refractivity contribution in [3.05, 3.63) is 33.9 Å². The van der Waals surface area contributed by atoms with Crippen molar-refractivity contribution in [1.29, 1.82) is 0 Å². The number of rotatable bonds is 5. The molecule has 0 aliphatic carbocycles. The van der Waals surface area contributed by atoms with Crippen LogP contribution < -0.4 is 0 Å². The fraction of sp³-hybridized carbons (Fsp3) is 0.455. The molecule has 1 N–H and O–H groups in total. The van der Waals surface area contributed by atoms with Crippen LogP contribution in [0, 0.1) is 23.0 Å². The Labute approximate surface area is 98.8 Å². The Morgan fingerprint density at radius 1 is 1.56 bits per heavy atom. The fourth-order valence-electron chi connectivity index (χ4n) is 1.24. The van der Waals surface area contributed by atoms with Crippen molar-refractivity contribution in [2.24, 2.45) is 5.92 Å². The molecule has 0 spiro atoms. The van der Waals surface area contributed by atoms with Crippen LogP contribution in [0.25, 0.3) is 0 Å². The maximum atomic E-state index is 10.7. The van der Waals surface area contributed by atoms with Crippen LogP contribution in [0.15, 0.2) is 23.1 Å². The maximum absolute atomic E-state index is 10.7. The first-order valence-corrected chi connectivity index (χ1v) is 6.02. The first kappa shape index (κ1) is 13.0. The van der Waals surface area contributed by atoms with Crippen molar-refractivity contribution in [2.75, 3.05) is 12.4 Å². The maximum Gasteiger partial charge on any atom is 0.273 e. The summed E-state index contributed by atoms with van der Waals surface area (Å²) in [7, 11) is 0. The van der Waals surface area contributed by atoms with E-state index in [4.69, 9.17) is 5.11 Å². The molecule has 16 heavy (non-hydrogen) atoms. The van der Waals surface area contributed by atoms with E-state index in [9.17, 15) is 10.1 Å². The zero-order valence-electron chi connectivity index (χ0n) is 9.34. The number of aliphatic hydroxyl groups is 1. The molecule has 5 heteroatoms. The lowest BCUT2D eigenvalue weighted by atomic mass is 10.2. The number of hydrogen-bond acceptors (Lipinski definition) is 4. The molecular formula is C11H15NO3S. The van der Waals surface area contributed by atoms with Gasteiger partial charge in [0.1, 0.15) is 0 Å². The summed E-state index contributed by atoms with van der Waals surface area (Å²) in [5.74, 6) is 0.960. The molecule has 0 aliphatic heterocycles. The average molecular weight is 241 g/mol. The highest BCUT2D eigenvalue weighted by Gasteiger charge is 2.13. The van der Waals surface area contributed by atoms with Crippen LogP contribution in [0.4, 0.5) is 5.69 Å². The number of nitro groups is 1. The molecule has 0 bridgehead atoms. The fourth-order valence-corrected chi connectivity index (χ4v) is 2.31. The summed E-state index contributed by atoms with van der Waals surface area (Å²) in [6.07, 6.45) is 0. The molecule has 1 aromatic carbocycles. The molecule has 1 aromatic rings. The van der Waals surface area contributed by atoms with Gasteiger partial charge in [-0.05, 0) is 18.9 Å². The predicted octanol–water partition coefficient (Wildman–Crippen LogP) is 2.62. The molecular weight excluding hydrogens is 226 g/mol. The van der Waals surface area contributed by atoms with Crippen LogP contribution in [-0.4, -0.2) is 22.4 Å². The van der Waals surface area contributed by atoms with Gasteiger partial charge in [0.15, 0.2) is 0 Å². The van der Waals surface area contributed by atoms with Gasteiger partial charge in [-0.2, -0.15) is 0 Å². The minimum atomic E-state index is -0.366. The lowest BCUT2D eigenvalue weighted by Gasteiger charge is -2.09. The van der Waals surface area contributed by atoms with Crippen molar-refractivity contribution >= 4 is 17.4 Å². The number of nitro benzene ring substituents is 1. The van der Waals surface area contributed by atoms with Gasteiger partial charge in [-0.15, -0.1) is 11.8 Å². The van der Waals surface area contributed by atoms with Crippen molar-refractivity contribution in [2.45, 2.75) is 18.7 Å². The first-order valence-electron chi connectivity index (χ1n) is 5.04. The van der Waals surface area contributed by atoms with Gasteiger partial charge >= 0.3 is 0 Å². The molecule has 88 valence electrons. The van der Waals surface area contributed by atoms with Gasteiger partial charge in [-0.25, -0.2) is 0 Å². The molecule has 1 unspecified atom stereocenters. The molecule has 0 aromatic heterocycles. The van der Waals surface area contributed by atoms with E-state index in [0.717, 1.165) is 10.6 Å². The van der Waals surface area contributed by atoms with Crippen LogP contribution in [-0.2, 0) is 0 Å². The van der Waals surface area contributed by atoms with E-state index in [1.54, 1.807) is 24.8 Å². The Morgan fingerprint density at radius 3 is 2.81 bits per heavy atom. The summed E-state index contributed by atoms with van der Waals surface area (Å²) in [6.45, 7) is 3.84. The predicted molar refractivity (Wildman–Crippen MR) is 64.8 cm³/mol. The molecule has 0 aliphatic rings. The highest BCUT2D eigenvalue weighted by atomic mass is 32.2. The minimum Gasteiger partial charge on any atom is -0.396 e. The zero-order valence-corrected chi connectivity index (χ0v) is 10.2. The van der Waals surface area contributed by atoms with Gasteiger partial charge in [0.2, 0.25) is 0 Å². The number of hydrogen-bond donors (Lipinski definition) is 1. The number of thioether (sulfide) groups is 1.